The van der Waals surface area contributed by atoms with Gasteiger partial charge in [0.1, 0.15) is 18.1 Å². The molecule has 2 aliphatic carbocycles. The van der Waals surface area contributed by atoms with Crippen molar-refractivity contribution in [1.29, 1.82) is 0 Å². The smallest absolute Gasteiger partial charge is 0.323 e. The highest BCUT2D eigenvalue weighted by molar-refractivity contribution is 5.95. The molecule has 6 rings (SSSR count). The molecule has 2 heterocycles. The Balaban J connectivity index is 1.24. The van der Waals surface area contributed by atoms with E-state index in [0.717, 1.165) is 52.3 Å². The summed E-state index contributed by atoms with van der Waals surface area (Å²) in [5.41, 5.74) is 3.94. The number of carboxylic acid groups (broad SMARTS) is 1. The van der Waals surface area contributed by atoms with Crippen molar-refractivity contribution in [2.45, 2.75) is 44.7 Å². The average Bonchev–Trinajstić information content (AvgIpc) is 3.50. The second-order valence-corrected chi connectivity index (χ2v) is 9.94. The molecule has 2 saturated carbocycles. The largest absolute Gasteiger partial charge is 0.480 e. The Hall–Kier alpha value is -3.74. The van der Waals surface area contributed by atoms with Crippen LogP contribution in [0.1, 0.15) is 46.9 Å². The molecule has 7 heteroatoms. The summed E-state index contributed by atoms with van der Waals surface area (Å²) in [4.78, 5) is 29.0. The van der Waals surface area contributed by atoms with E-state index >= 15 is 0 Å². The monoisotopic (exact) mass is 471 g/mol. The number of rotatable bonds is 5. The predicted molar refractivity (Wildman–Crippen MR) is 131 cm³/mol. The van der Waals surface area contributed by atoms with Crippen molar-refractivity contribution in [2.24, 2.45) is 11.8 Å². The number of amides is 1. The van der Waals surface area contributed by atoms with Gasteiger partial charge in [-0.25, -0.2) is 9.37 Å². The molecule has 6 nitrogen and oxygen atoms in total. The Bertz CT molecular complexity index is 1490. The number of carboxylic acids is 1. The topological polar surface area (TPSA) is 84.2 Å². The van der Waals surface area contributed by atoms with E-state index in [4.69, 9.17) is 0 Å². The number of hydrogen-bond acceptors (Lipinski definition) is 3. The number of nitrogens with one attached hydrogen (secondary N) is 1. The zero-order valence-corrected chi connectivity index (χ0v) is 19.4. The Labute approximate surface area is 201 Å². The third-order valence-corrected chi connectivity index (χ3v) is 8.00. The number of para-hydroxylation sites is 1. The number of halogens is 1. The van der Waals surface area contributed by atoms with Crippen molar-refractivity contribution in [3.05, 3.63) is 77.4 Å². The van der Waals surface area contributed by atoms with Crippen LogP contribution in [0.3, 0.4) is 0 Å². The van der Waals surface area contributed by atoms with E-state index in [2.05, 4.69) is 10.3 Å². The van der Waals surface area contributed by atoms with Gasteiger partial charge in [0.2, 0.25) is 0 Å². The van der Waals surface area contributed by atoms with Gasteiger partial charge in [-0.2, -0.15) is 0 Å². The molecule has 1 amide bonds. The molecule has 2 aliphatic rings. The van der Waals surface area contributed by atoms with E-state index in [1.54, 1.807) is 16.7 Å². The molecule has 178 valence electrons. The maximum Gasteiger partial charge on any atom is 0.323 e. The van der Waals surface area contributed by atoms with E-state index < -0.39 is 5.97 Å². The molecule has 4 unspecified atom stereocenters. The SMILES string of the molecule is Cc1c(C2CC3CC2CC3NC(=O)c2ccc3ccccc3n2)c2cc(F)ccc2n1CC(=O)O. The van der Waals surface area contributed by atoms with Crippen LogP contribution < -0.4 is 5.32 Å². The lowest BCUT2D eigenvalue weighted by Crippen LogP contribution is -2.39. The summed E-state index contributed by atoms with van der Waals surface area (Å²) in [6.45, 7) is 1.79. The number of hydrogen-bond donors (Lipinski definition) is 2. The van der Waals surface area contributed by atoms with E-state index in [-0.39, 0.29) is 30.2 Å². The first-order valence-electron chi connectivity index (χ1n) is 12.1. The van der Waals surface area contributed by atoms with Gasteiger partial charge in [-0.3, -0.25) is 9.59 Å². The first-order chi connectivity index (χ1) is 16.9. The van der Waals surface area contributed by atoms with Crippen LogP contribution in [0, 0.1) is 24.6 Å². The molecule has 4 atom stereocenters. The summed E-state index contributed by atoms with van der Waals surface area (Å²) in [7, 11) is 0. The van der Waals surface area contributed by atoms with Crippen LogP contribution in [-0.2, 0) is 11.3 Å². The van der Waals surface area contributed by atoms with Gasteiger partial charge < -0.3 is 15.0 Å². The highest BCUT2D eigenvalue weighted by Gasteiger charge is 2.48. The normalized spacial score (nSPS) is 23.3. The van der Waals surface area contributed by atoms with Crippen LogP contribution in [0.4, 0.5) is 4.39 Å². The van der Waals surface area contributed by atoms with Crippen molar-refractivity contribution in [3.8, 4) is 0 Å². The van der Waals surface area contributed by atoms with Crippen LogP contribution in [0.2, 0.25) is 0 Å². The lowest BCUT2D eigenvalue weighted by Gasteiger charge is -2.29. The lowest BCUT2D eigenvalue weighted by molar-refractivity contribution is -0.137. The van der Waals surface area contributed by atoms with E-state index in [1.165, 1.54) is 12.1 Å². The Kier molecular flexibility index (Phi) is 5.09. The Morgan fingerprint density at radius 1 is 1.09 bits per heavy atom. The Morgan fingerprint density at radius 2 is 1.91 bits per heavy atom. The summed E-state index contributed by atoms with van der Waals surface area (Å²) in [6, 6.07) is 16.1. The minimum atomic E-state index is -0.918. The van der Waals surface area contributed by atoms with Gasteiger partial charge in [0.25, 0.3) is 5.91 Å². The van der Waals surface area contributed by atoms with Gasteiger partial charge in [0.05, 0.1) is 5.52 Å². The molecule has 4 aromatic rings. The molecule has 2 fully saturated rings. The third kappa shape index (κ3) is 3.66. The number of nitrogens with zero attached hydrogens (tertiary/aromatic N) is 2. The number of aromatic nitrogens is 2. The average molecular weight is 472 g/mol. The first kappa shape index (κ1) is 21.8. The number of aliphatic carboxylic acids is 1. The molecule has 35 heavy (non-hydrogen) atoms. The van der Waals surface area contributed by atoms with E-state index in [0.29, 0.717) is 17.5 Å². The van der Waals surface area contributed by atoms with E-state index in [1.807, 2.05) is 37.3 Å². The lowest BCUT2D eigenvalue weighted by atomic mass is 9.80. The second-order valence-electron chi connectivity index (χ2n) is 9.94. The standard InChI is InChI=1S/C28H26FN3O3/c1-15-27(21-13-19(29)7-9-25(21)32(15)14-26(33)34)20-11-18-10-17(20)12-24(18)31-28(35)23-8-6-16-4-2-3-5-22(16)30-23/h2-9,13,17-18,20,24H,10-12,14H2,1H3,(H,31,35)(H,33,34). The van der Waals surface area contributed by atoms with E-state index in [9.17, 15) is 19.1 Å². The fourth-order valence-electron chi connectivity index (χ4n) is 6.53. The fourth-order valence-corrected chi connectivity index (χ4v) is 6.53. The molecular weight excluding hydrogens is 445 g/mol. The van der Waals surface area contributed by atoms with Crippen LogP contribution in [0.15, 0.2) is 54.6 Å². The molecule has 0 saturated heterocycles. The summed E-state index contributed by atoms with van der Waals surface area (Å²) in [6.07, 6.45) is 2.75. The number of pyridine rings is 1. The molecule has 2 bridgehead atoms. The fraction of sp³-hybridized carbons (Fsp3) is 0.321. The van der Waals surface area contributed by atoms with Crippen molar-refractivity contribution in [1.82, 2.24) is 14.9 Å². The maximum atomic E-state index is 14.2. The van der Waals surface area contributed by atoms with Crippen molar-refractivity contribution >= 4 is 33.7 Å². The number of benzene rings is 2. The van der Waals surface area contributed by atoms with Gasteiger partial charge in [0.15, 0.2) is 0 Å². The molecule has 2 aromatic heterocycles. The zero-order chi connectivity index (χ0) is 24.3. The van der Waals surface area contributed by atoms with Gasteiger partial charge in [-0.15, -0.1) is 0 Å². The van der Waals surface area contributed by atoms with Gasteiger partial charge in [-0.1, -0.05) is 24.3 Å². The highest BCUT2D eigenvalue weighted by atomic mass is 19.1. The van der Waals surface area contributed by atoms with Gasteiger partial charge in [0, 0.05) is 28.0 Å². The molecule has 0 aliphatic heterocycles. The van der Waals surface area contributed by atoms with Crippen molar-refractivity contribution < 1.29 is 19.1 Å². The minimum Gasteiger partial charge on any atom is -0.480 e. The third-order valence-electron chi connectivity index (χ3n) is 8.00. The predicted octanol–water partition coefficient (Wildman–Crippen LogP) is 5.03. The minimum absolute atomic E-state index is 0.0847. The first-order valence-corrected chi connectivity index (χ1v) is 12.1. The van der Waals surface area contributed by atoms with Gasteiger partial charge >= 0.3 is 5.97 Å². The summed E-state index contributed by atoms with van der Waals surface area (Å²) < 4.78 is 16.0. The van der Waals surface area contributed by atoms with Crippen LogP contribution in [-0.4, -0.2) is 32.6 Å². The number of carbonyl (C=O) groups excluding carboxylic acids is 1. The molecule has 0 radical (unpaired) electrons. The molecular formula is C28H26FN3O3. The summed E-state index contributed by atoms with van der Waals surface area (Å²) in [5, 5.41) is 14.4. The van der Waals surface area contributed by atoms with Crippen LogP contribution in [0.5, 0.6) is 0 Å². The zero-order valence-electron chi connectivity index (χ0n) is 19.4. The molecule has 2 aromatic carbocycles. The number of fused-ring (bicyclic) bond motifs is 4. The highest BCUT2D eigenvalue weighted by Crippen LogP contribution is 2.55. The summed E-state index contributed by atoms with van der Waals surface area (Å²) >= 11 is 0. The maximum absolute atomic E-state index is 14.2. The van der Waals surface area contributed by atoms with Crippen molar-refractivity contribution in [2.75, 3.05) is 0 Å². The molecule has 0 spiro atoms. The quantitative estimate of drug-likeness (QED) is 0.427. The van der Waals surface area contributed by atoms with Crippen molar-refractivity contribution in [3.63, 3.8) is 0 Å². The van der Waals surface area contributed by atoms with Gasteiger partial charge in [-0.05, 0) is 79.8 Å². The Morgan fingerprint density at radius 3 is 2.69 bits per heavy atom. The van der Waals surface area contributed by atoms with Crippen LogP contribution in [0.25, 0.3) is 21.8 Å². The molecule has 2 N–H and O–H groups in total. The summed E-state index contributed by atoms with van der Waals surface area (Å²) in [5.74, 6) is -0.463. The second kappa shape index (κ2) is 8.18. The number of carbonyl (C=O) groups is 2. The van der Waals surface area contributed by atoms with Crippen LogP contribution >= 0.6 is 0 Å².